The van der Waals surface area contributed by atoms with Gasteiger partial charge in [0.25, 0.3) is 5.91 Å². The van der Waals surface area contributed by atoms with Crippen molar-refractivity contribution in [3.63, 3.8) is 0 Å². The minimum absolute atomic E-state index is 0.0131. The number of amides is 2. The number of ketones is 1. The molecule has 0 bridgehead atoms. The summed E-state index contributed by atoms with van der Waals surface area (Å²) in [6.45, 7) is 15.2. The average Bonchev–Trinajstić information content (AvgIpc) is 2.84. The summed E-state index contributed by atoms with van der Waals surface area (Å²) >= 11 is 0. The second kappa shape index (κ2) is 17.3. The normalized spacial score (nSPS) is 12.7. The zero-order chi connectivity index (χ0) is 31.1. The number of hydrogen-bond acceptors (Lipinski definition) is 6. The van der Waals surface area contributed by atoms with Crippen LogP contribution in [0, 0.1) is 5.41 Å². The van der Waals surface area contributed by atoms with Crippen molar-refractivity contribution in [1.82, 2.24) is 16.0 Å². The molecule has 1 aromatic rings. The summed E-state index contributed by atoms with van der Waals surface area (Å²) in [7, 11) is 1.84. The van der Waals surface area contributed by atoms with Gasteiger partial charge in [0.15, 0.2) is 11.7 Å². The Kier molecular flexibility index (Phi) is 15.8. The Morgan fingerprint density at radius 2 is 1.43 bits per heavy atom. The highest BCUT2D eigenvalue weighted by molar-refractivity contribution is 5.98. The third-order valence-electron chi connectivity index (χ3n) is 6.22. The minimum atomic E-state index is -0.781. The van der Waals surface area contributed by atoms with E-state index < -0.39 is 12.1 Å². The van der Waals surface area contributed by atoms with E-state index in [2.05, 4.69) is 74.3 Å². The largest absolute Gasteiger partial charge is 0.390 e. The summed E-state index contributed by atoms with van der Waals surface area (Å²) in [5.41, 5.74) is 17.4. The molecule has 0 aliphatic heterocycles. The lowest BCUT2D eigenvalue weighted by Gasteiger charge is -2.27. The van der Waals surface area contributed by atoms with Crippen LogP contribution in [0.1, 0.15) is 95.6 Å². The van der Waals surface area contributed by atoms with E-state index in [1.165, 1.54) is 6.92 Å². The summed E-state index contributed by atoms with van der Waals surface area (Å²) in [4.78, 5) is 42.8. The molecule has 2 atom stereocenters. The van der Waals surface area contributed by atoms with Gasteiger partial charge in [0.05, 0.1) is 12.4 Å². The summed E-state index contributed by atoms with van der Waals surface area (Å²) in [5, 5.41) is 14.7. The number of rotatable bonds is 13. The van der Waals surface area contributed by atoms with Gasteiger partial charge in [-0.25, -0.2) is 0 Å². The highest BCUT2D eigenvalue weighted by Crippen LogP contribution is 2.30. The Hall–Kier alpha value is -3.47. The van der Waals surface area contributed by atoms with Gasteiger partial charge >= 0.3 is 0 Å². The van der Waals surface area contributed by atoms with Crippen LogP contribution in [-0.4, -0.2) is 62.1 Å². The first-order valence-corrected chi connectivity index (χ1v) is 13.7. The second-order valence-corrected chi connectivity index (χ2v) is 11.9. The molecule has 2 amide bonds. The van der Waals surface area contributed by atoms with Crippen molar-refractivity contribution in [2.24, 2.45) is 22.2 Å². The molecule has 0 aliphatic carbocycles. The monoisotopic (exact) mass is 560 g/mol. The Labute approximate surface area is 240 Å². The molecule has 0 heterocycles. The van der Waals surface area contributed by atoms with Gasteiger partial charge in [0, 0.05) is 12.1 Å². The molecule has 0 aromatic heterocycles. The van der Waals surface area contributed by atoms with Crippen molar-refractivity contribution in [3.05, 3.63) is 34.9 Å². The molecule has 0 aliphatic rings. The van der Waals surface area contributed by atoms with Crippen LogP contribution in [0.4, 0.5) is 0 Å². The fourth-order valence-corrected chi connectivity index (χ4v) is 3.77. The van der Waals surface area contributed by atoms with Crippen LogP contribution >= 0.6 is 0 Å². The number of aliphatic imine (C=N–C) groups is 1. The van der Waals surface area contributed by atoms with E-state index in [1.54, 1.807) is 0 Å². The van der Waals surface area contributed by atoms with Gasteiger partial charge in [0.2, 0.25) is 5.91 Å². The lowest BCUT2D eigenvalue weighted by molar-refractivity contribution is -0.128. The number of nitrogens with two attached hydrogens (primary N) is 3. The van der Waals surface area contributed by atoms with E-state index in [0.717, 1.165) is 17.5 Å². The molecule has 0 radical (unpaired) electrons. The first-order chi connectivity index (χ1) is 18.5. The van der Waals surface area contributed by atoms with Gasteiger partial charge in [-0.05, 0) is 80.3 Å². The van der Waals surface area contributed by atoms with Crippen LogP contribution < -0.4 is 33.2 Å². The third kappa shape index (κ3) is 14.1. The SMILES string of the molecule is CNCCCC(NC(=O)c1cc(C(C)(C)C)cc(C(C)(C)C)c1)C(=O)NC(CCCN=C(N)N)C(C)=O.N=CN. The topological polar surface area (TPSA) is 202 Å². The lowest BCUT2D eigenvalue weighted by atomic mass is 9.79. The molecular formula is C29H52N8O3. The van der Waals surface area contributed by atoms with E-state index in [0.29, 0.717) is 44.3 Å². The highest BCUT2D eigenvalue weighted by Gasteiger charge is 2.27. The Bertz CT molecular complexity index is 973. The first kappa shape index (κ1) is 36.5. The van der Waals surface area contributed by atoms with Gasteiger partial charge in [-0.3, -0.25) is 24.8 Å². The van der Waals surface area contributed by atoms with E-state index in [1.807, 2.05) is 19.2 Å². The molecular weight excluding hydrogens is 508 g/mol. The summed E-state index contributed by atoms with van der Waals surface area (Å²) in [6, 6.07) is 4.48. The van der Waals surface area contributed by atoms with Crippen molar-refractivity contribution in [1.29, 1.82) is 5.41 Å². The van der Waals surface area contributed by atoms with Crippen LogP contribution in [0.5, 0.6) is 0 Å². The fraction of sp³-hybridized carbons (Fsp3) is 0.621. The molecule has 0 spiro atoms. The number of guanidine groups is 1. The maximum absolute atomic E-state index is 13.4. The van der Waals surface area contributed by atoms with Gasteiger partial charge < -0.3 is 33.2 Å². The van der Waals surface area contributed by atoms with E-state index >= 15 is 0 Å². The molecule has 10 N–H and O–H groups in total. The Morgan fingerprint density at radius 1 is 0.925 bits per heavy atom. The standard InChI is InChI=1S/C28H48N6O3.CH4N2/c1-18(35)22(11-10-14-32-26(29)30)33-25(37)23(12-9-13-31-8)34-24(36)19-15-20(27(2,3)4)17-21(16-19)28(5,6)7;2-1-3/h15-17,22-23,31H,9-14H2,1-8H3,(H,33,37)(H,34,36)(H4,29,30,32);1H,(H3,2,3). The van der Waals surface area contributed by atoms with Crippen molar-refractivity contribution >= 4 is 29.9 Å². The van der Waals surface area contributed by atoms with Crippen molar-refractivity contribution in [2.75, 3.05) is 20.1 Å². The molecule has 1 aromatic carbocycles. The number of carbonyl (C=O) groups excluding carboxylic acids is 3. The molecule has 226 valence electrons. The Balaban J connectivity index is 0.00000483. The molecule has 40 heavy (non-hydrogen) atoms. The molecule has 11 heteroatoms. The summed E-state index contributed by atoms with van der Waals surface area (Å²) in [6.07, 6.45) is 2.80. The number of Topliss-reactive ketones (excluding diaryl/α,β-unsaturated/α-hetero) is 1. The predicted octanol–water partition coefficient (Wildman–Crippen LogP) is 2.06. The van der Waals surface area contributed by atoms with Crippen molar-refractivity contribution in [3.8, 4) is 0 Å². The van der Waals surface area contributed by atoms with Crippen LogP contribution in [-0.2, 0) is 20.4 Å². The van der Waals surface area contributed by atoms with Gasteiger partial charge in [-0.1, -0.05) is 47.6 Å². The van der Waals surface area contributed by atoms with E-state index in [-0.39, 0.29) is 34.4 Å². The maximum Gasteiger partial charge on any atom is 0.251 e. The predicted molar refractivity (Wildman–Crippen MR) is 164 cm³/mol. The second-order valence-electron chi connectivity index (χ2n) is 11.9. The van der Waals surface area contributed by atoms with E-state index in [9.17, 15) is 14.4 Å². The Morgan fingerprint density at radius 3 is 1.85 bits per heavy atom. The number of nitrogens with one attached hydrogen (secondary N) is 4. The average molecular weight is 561 g/mol. The third-order valence-corrected chi connectivity index (χ3v) is 6.22. The van der Waals surface area contributed by atoms with Crippen LogP contribution in [0.2, 0.25) is 0 Å². The first-order valence-electron chi connectivity index (χ1n) is 13.7. The molecule has 1 rings (SSSR count). The summed E-state index contributed by atoms with van der Waals surface area (Å²) < 4.78 is 0. The van der Waals surface area contributed by atoms with Crippen molar-refractivity contribution < 1.29 is 14.4 Å². The lowest BCUT2D eigenvalue weighted by Crippen LogP contribution is -2.51. The number of benzene rings is 1. The van der Waals surface area contributed by atoms with Gasteiger partial charge in [-0.2, -0.15) is 0 Å². The number of carbonyl (C=O) groups is 3. The van der Waals surface area contributed by atoms with Crippen LogP contribution in [0.25, 0.3) is 0 Å². The highest BCUT2D eigenvalue weighted by atomic mass is 16.2. The van der Waals surface area contributed by atoms with Gasteiger partial charge in [0.1, 0.15) is 6.04 Å². The molecule has 0 saturated carbocycles. The zero-order valence-corrected chi connectivity index (χ0v) is 25.6. The maximum atomic E-state index is 13.4. The molecule has 0 fully saturated rings. The number of nitrogens with zero attached hydrogens (tertiary/aromatic N) is 1. The summed E-state index contributed by atoms with van der Waals surface area (Å²) in [5.74, 6) is -0.866. The number of hydrogen-bond donors (Lipinski definition) is 7. The molecule has 0 saturated heterocycles. The van der Waals surface area contributed by atoms with Crippen molar-refractivity contribution in [2.45, 2.75) is 97.1 Å². The van der Waals surface area contributed by atoms with Gasteiger partial charge in [-0.15, -0.1) is 0 Å². The molecule has 11 nitrogen and oxygen atoms in total. The molecule has 2 unspecified atom stereocenters. The minimum Gasteiger partial charge on any atom is -0.390 e. The van der Waals surface area contributed by atoms with Crippen LogP contribution in [0.15, 0.2) is 23.2 Å². The van der Waals surface area contributed by atoms with E-state index in [4.69, 9.17) is 16.9 Å². The van der Waals surface area contributed by atoms with Crippen LogP contribution in [0.3, 0.4) is 0 Å². The fourth-order valence-electron chi connectivity index (χ4n) is 3.77. The zero-order valence-electron chi connectivity index (χ0n) is 25.6. The quantitative estimate of drug-likeness (QED) is 0.109. The smallest absolute Gasteiger partial charge is 0.251 e.